The maximum Gasteiger partial charge on any atom is 0.0727 e. The second-order valence-electron chi connectivity index (χ2n) is 16.9. The van der Waals surface area contributed by atoms with E-state index in [-0.39, 0.29) is 0 Å². The lowest BCUT2D eigenvalue weighted by Crippen LogP contribution is -2.26. The summed E-state index contributed by atoms with van der Waals surface area (Å²) in [7, 11) is 0. The molecule has 294 valence electrons. The van der Waals surface area contributed by atoms with Crippen LogP contribution in [0.3, 0.4) is 0 Å². The van der Waals surface area contributed by atoms with Gasteiger partial charge >= 0.3 is 0 Å². The third kappa shape index (κ3) is 5.32. The number of fused-ring (bicyclic) bond motifs is 12. The second kappa shape index (κ2) is 13.9. The van der Waals surface area contributed by atoms with Gasteiger partial charge in [0.2, 0.25) is 0 Å². The van der Waals surface area contributed by atoms with Crippen molar-refractivity contribution in [2.24, 2.45) is 0 Å². The quantitative estimate of drug-likeness (QED) is 0.163. The monoisotopic (exact) mass is 800 g/mol. The smallest absolute Gasteiger partial charge is 0.0727 e. The minimum absolute atomic E-state index is 0.533. The predicted octanol–water partition coefficient (Wildman–Crippen LogP) is 15.9. The first-order valence-corrected chi connectivity index (χ1v) is 21.8. The van der Waals surface area contributed by atoms with E-state index >= 15 is 0 Å². The molecule has 0 amide bonds. The fourth-order valence-electron chi connectivity index (χ4n) is 10.8. The Labute approximate surface area is 367 Å². The molecule has 1 aromatic heterocycles. The SMILES string of the molecule is c1ccc(-c2ccc(N(c3ccc4c(c3)C3(c5ccccc5-c5ccccc53)c3cc(-n5ccc6cc(-c7ccccc7)ccc65)ccc3-4)c3cccc4ccccc34)cc2)cc1. The Morgan fingerprint density at radius 3 is 1.63 bits per heavy atom. The summed E-state index contributed by atoms with van der Waals surface area (Å²) in [4.78, 5) is 2.46. The third-order valence-electron chi connectivity index (χ3n) is 13.6. The summed E-state index contributed by atoms with van der Waals surface area (Å²) in [6, 6.07) is 87.4. The molecule has 0 radical (unpaired) electrons. The Hall–Kier alpha value is -8.20. The van der Waals surface area contributed by atoms with E-state index in [4.69, 9.17) is 0 Å². The van der Waals surface area contributed by atoms with E-state index in [1.54, 1.807) is 0 Å². The predicted molar refractivity (Wildman–Crippen MR) is 263 cm³/mol. The van der Waals surface area contributed by atoms with E-state index in [9.17, 15) is 0 Å². The summed E-state index contributed by atoms with van der Waals surface area (Å²) in [5.41, 5.74) is 20.5. The maximum atomic E-state index is 2.50. The van der Waals surface area contributed by atoms with Crippen LogP contribution in [-0.2, 0) is 5.41 Å². The van der Waals surface area contributed by atoms with E-state index in [0.717, 1.165) is 22.7 Å². The molecule has 2 aliphatic carbocycles. The topological polar surface area (TPSA) is 8.17 Å². The van der Waals surface area contributed by atoms with E-state index in [0.29, 0.717) is 0 Å². The molecule has 0 N–H and O–H groups in total. The van der Waals surface area contributed by atoms with Crippen LogP contribution in [0, 0.1) is 0 Å². The summed E-state index contributed by atoms with van der Waals surface area (Å²) in [6.45, 7) is 0. The Kier molecular flexibility index (Phi) is 7.85. The highest BCUT2D eigenvalue weighted by atomic mass is 15.1. The van der Waals surface area contributed by atoms with Crippen molar-refractivity contribution in [3.8, 4) is 50.2 Å². The van der Waals surface area contributed by atoms with Gasteiger partial charge in [0.25, 0.3) is 0 Å². The Morgan fingerprint density at radius 1 is 0.333 bits per heavy atom. The lowest BCUT2D eigenvalue weighted by atomic mass is 9.70. The molecule has 63 heavy (non-hydrogen) atoms. The minimum Gasteiger partial charge on any atom is -0.317 e. The maximum absolute atomic E-state index is 2.50. The van der Waals surface area contributed by atoms with Gasteiger partial charge in [0.05, 0.1) is 16.6 Å². The Balaban J connectivity index is 1.03. The number of aromatic nitrogens is 1. The summed E-state index contributed by atoms with van der Waals surface area (Å²) >= 11 is 0. The minimum atomic E-state index is -0.533. The van der Waals surface area contributed by atoms with E-state index in [1.165, 1.54) is 88.4 Å². The van der Waals surface area contributed by atoms with Crippen molar-refractivity contribution in [3.63, 3.8) is 0 Å². The van der Waals surface area contributed by atoms with Crippen molar-refractivity contribution in [1.82, 2.24) is 4.57 Å². The lowest BCUT2D eigenvalue weighted by Gasteiger charge is -2.32. The summed E-state index contributed by atoms with van der Waals surface area (Å²) in [6.07, 6.45) is 2.23. The van der Waals surface area contributed by atoms with Gasteiger partial charge in [-0.2, -0.15) is 0 Å². The summed E-state index contributed by atoms with van der Waals surface area (Å²) in [5.74, 6) is 0. The van der Waals surface area contributed by atoms with Crippen LogP contribution >= 0.6 is 0 Å². The zero-order chi connectivity index (χ0) is 41.5. The molecule has 2 nitrogen and oxygen atoms in total. The zero-order valence-electron chi connectivity index (χ0n) is 34.5. The number of benzene rings is 10. The number of hydrogen-bond acceptors (Lipinski definition) is 1. The molecule has 1 heterocycles. The zero-order valence-corrected chi connectivity index (χ0v) is 34.5. The van der Waals surface area contributed by atoms with Crippen molar-refractivity contribution >= 4 is 38.7 Å². The van der Waals surface area contributed by atoms with Crippen LogP contribution in [0.1, 0.15) is 22.3 Å². The first-order chi connectivity index (χ1) is 31.2. The molecule has 2 heteroatoms. The number of hydrogen-bond donors (Lipinski definition) is 0. The third-order valence-corrected chi connectivity index (χ3v) is 13.6. The van der Waals surface area contributed by atoms with Gasteiger partial charge in [-0.05, 0) is 133 Å². The Bertz CT molecular complexity index is 3510. The van der Waals surface area contributed by atoms with Crippen LogP contribution in [0.5, 0.6) is 0 Å². The van der Waals surface area contributed by atoms with E-state index < -0.39 is 5.41 Å². The van der Waals surface area contributed by atoms with Gasteiger partial charge in [0.15, 0.2) is 0 Å². The van der Waals surface area contributed by atoms with Crippen molar-refractivity contribution in [2.75, 3.05) is 4.90 Å². The standard InChI is InChI=1S/C61H40N2/c1-3-14-41(15-4-1)43-26-29-47(30-27-43)63(60-25-13-19-44-18-7-8-20-50(44)60)49-32-34-54-53-33-31-48(62-37-36-46-38-45(28-35-59(46)62)42-16-5-2-6-17-42)39-57(53)61(58(54)40-49)55-23-11-9-21-51(55)52-22-10-12-24-56(52)61/h1-40H. The van der Waals surface area contributed by atoms with Crippen LogP contribution < -0.4 is 4.90 Å². The fourth-order valence-corrected chi connectivity index (χ4v) is 10.8. The molecule has 0 unspecified atom stereocenters. The van der Waals surface area contributed by atoms with Gasteiger partial charge in [-0.15, -0.1) is 0 Å². The molecular weight excluding hydrogens is 761 g/mol. The number of anilines is 3. The van der Waals surface area contributed by atoms with Gasteiger partial charge in [0, 0.05) is 34.0 Å². The molecule has 0 aliphatic heterocycles. The van der Waals surface area contributed by atoms with Gasteiger partial charge in [-0.1, -0.05) is 176 Å². The fraction of sp³-hybridized carbons (Fsp3) is 0.0164. The van der Waals surface area contributed by atoms with Crippen LogP contribution in [0.25, 0.3) is 71.9 Å². The normalized spacial score (nSPS) is 12.9. The highest BCUT2D eigenvalue weighted by molar-refractivity contribution is 6.01. The largest absolute Gasteiger partial charge is 0.317 e. The molecule has 0 saturated heterocycles. The highest BCUT2D eigenvalue weighted by Gasteiger charge is 2.52. The molecule has 10 aromatic carbocycles. The van der Waals surface area contributed by atoms with Crippen molar-refractivity contribution in [1.29, 1.82) is 0 Å². The molecule has 0 atom stereocenters. The number of nitrogens with zero attached hydrogens (tertiary/aromatic N) is 2. The molecule has 0 fully saturated rings. The lowest BCUT2D eigenvalue weighted by molar-refractivity contribution is 0.792. The van der Waals surface area contributed by atoms with Gasteiger partial charge in [0.1, 0.15) is 0 Å². The first kappa shape index (κ1) is 35.5. The summed E-state index contributed by atoms with van der Waals surface area (Å²) < 4.78 is 2.36. The van der Waals surface area contributed by atoms with Crippen molar-refractivity contribution in [2.45, 2.75) is 5.41 Å². The van der Waals surface area contributed by atoms with Gasteiger partial charge < -0.3 is 9.47 Å². The molecule has 11 aromatic rings. The first-order valence-electron chi connectivity index (χ1n) is 21.8. The molecule has 1 spiro atoms. The van der Waals surface area contributed by atoms with Gasteiger partial charge in [-0.25, -0.2) is 0 Å². The van der Waals surface area contributed by atoms with Crippen LogP contribution in [0.2, 0.25) is 0 Å². The molecular formula is C61H40N2. The molecule has 0 saturated carbocycles. The highest BCUT2D eigenvalue weighted by Crippen LogP contribution is 2.63. The average Bonchev–Trinajstić information content (AvgIpc) is 4.01. The Morgan fingerprint density at radius 2 is 0.889 bits per heavy atom. The second-order valence-corrected chi connectivity index (χ2v) is 16.9. The van der Waals surface area contributed by atoms with Crippen LogP contribution in [0.15, 0.2) is 243 Å². The van der Waals surface area contributed by atoms with Crippen LogP contribution in [-0.4, -0.2) is 4.57 Å². The van der Waals surface area contributed by atoms with E-state index in [2.05, 4.69) is 252 Å². The van der Waals surface area contributed by atoms with E-state index in [1.807, 2.05) is 0 Å². The van der Waals surface area contributed by atoms with Crippen LogP contribution in [0.4, 0.5) is 17.1 Å². The van der Waals surface area contributed by atoms with Crippen molar-refractivity contribution in [3.05, 3.63) is 265 Å². The summed E-state index contributed by atoms with van der Waals surface area (Å²) in [5, 5.41) is 3.65. The molecule has 2 aliphatic rings. The average molecular weight is 801 g/mol. The van der Waals surface area contributed by atoms with Crippen molar-refractivity contribution < 1.29 is 0 Å². The van der Waals surface area contributed by atoms with Gasteiger partial charge in [-0.3, -0.25) is 0 Å². The molecule has 0 bridgehead atoms. The molecule has 13 rings (SSSR count). The number of rotatable bonds is 6.